The Bertz CT molecular complexity index is 1380. The number of imide groups is 2. The van der Waals surface area contributed by atoms with E-state index >= 15 is 0 Å². The molecule has 2 N–H and O–H groups in total. The number of benzene rings is 1. The molecule has 2 aromatic heterocycles. The van der Waals surface area contributed by atoms with Crippen molar-refractivity contribution < 1.29 is 24.0 Å². The number of hydrogen-bond donors (Lipinski definition) is 2. The highest BCUT2D eigenvalue weighted by Crippen LogP contribution is 2.32. The van der Waals surface area contributed by atoms with Gasteiger partial charge in [0, 0.05) is 17.4 Å². The number of carbonyl (C=O) groups is 5. The number of hydrogen-bond acceptors (Lipinski definition) is 9. The molecule has 0 bridgehead atoms. The van der Waals surface area contributed by atoms with Crippen molar-refractivity contribution in [2.24, 2.45) is 0 Å². The van der Waals surface area contributed by atoms with E-state index in [0.29, 0.717) is 5.69 Å². The van der Waals surface area contributed by atoms with E-state index in [0.717, 1.165) is 16.2 Å². The number of aromatic nitrogens is 4. The van der Waals surface area contributed by atoms with Crippen LogP contribution in [-0.2, 0) is 20.9 Å². The molecule has 3 aromatic rings. The van der Waals surface area contributed by atoms with Gasteiger partial charge in [-0.15, -0.1) is 5.10 Å². The number of amides is 5. The summed E-state index contributed by atoms with van der Waals surface area (Å²) < 4.78 is 5.55. The summed E-state index contributed by atoms with van der Waals surface area (Å²) in [6, 6.07) is 3.41. The van der Waals surface area contributed by atoms with Gasteiger partial charge in [-0.05, 0) is 37.0 Å². The van der Waals surface area contributed by atoms with Crippen LogP contribution in [-0.4, -0.2) is 59.8 Å². The Hall–Kier alpha value is -4.26. The second kappa shape index (κ2) is 8.26. The Morgan fingerprint density at radius 1 is 1.21 bits per heavy atom. The SMILES string of the molecule is Cc1nscc1-c1cn(CC(=O)Nc2cccc3c2C(=O)N(C2CCC(=O)NC2=O)C3=O)nn1. The number of nitrogens with one attached hydrogen (secondary N) is 2. The van der Waals surface area contributed by atoms with Crippen LogP contribution < -0.4 is 10.6 Å². The predicted molar refractivity (Wildman–Crippen MR) is 118 cm³/mol. The number of rotatable bonds is 5. The minimum absolute atomic E-state index is 0.00445. The van der Waals surface area contributed by atoms with E-state index in [1.54, 1.807) is 6.20 Å². The van der Waals surface area contributed by atoms with Crippen molar-refractivity contribution in [2.45, 2.75) is 32.4 Å². The quantitative estimate of drug-likeness (QED) is 0.508. The Balaban J connectivity index is 1.34. The molecular formula is C21H17N7O5S. The molecule has 4 heterocycles. The zero-order chi connectivity index (χ0) is 24.0. The summed E-state index contributed by atoms with van der Waals surface area (Å²) in [5.74, 6) is -2.98. The summed E-state index contributed by atoms with van der Waals surface area (Å²) in [5, 5.41) is 14.7. The van der Waals surface area contributed by atoms with E-state index in [1.165, 1.54) is 34.4 Å². The van der Waals surface area contributed by atoms with E-state index in [4.69, 9.17) is 0 Å². The smallest absolute Gasteiger partial charge is 0.264 e. The van der Waals surface area contributed by atoms with Gasteiger partial charge in [-0.1, -0.05) is 11.3 Å². The van der Waals surface area contributed by atoms with Gasteiger partial charge in [0.25, 0.3) is 11.8 Å². The molecule has 13 heteroatoms. The maximum absolute atomic E-state index is 13.1. The van der Waals surface area contributed by atoms with Gasteiger partial charge in [-0.25, -0.2) is 4.68 Å². The molecular weight excluding hydrogens is 462 g/mol. The molecule has 34 heavy (non-hydrogen) atoms. The largest absolute Gasteiger partial charge is 0.324 e. The lowest BCUT2D eigenvalue weighted by Crippen LogP contribution is -2.54. The van der Waals surface area contributed by atoms with Crippen molar-refractivity contribution in [1.82, 2.24) is 29.6 Å². The molecule has 2 aliphatic heterocycles. The first-order valence-corrected chi connectivity index (χ1v) is 11.1. The number of piperidine rings is 1. The third kappa shape index (κ3) is 3.65. The van der Waals surface area contributed by atoms with Gasteiger partial charge >= 0.3 is 0 Å². The first kappa shape index (κ1) is 21.6. The minimum atomic E-state index is -1.09. The number of carbonyl (C=O) groups excluding carboxylic acids is 5. The second-order valence-electron chi connectivity index (χ2n) is 7.84. The molecule has 1 fully saturated rings. The maximum Gasteiger partial charge on any atom is 0.264 e. The minimum Gasteiger partial charge on any atom is -0.324 e. The van der Waals surface area contributed by atoms with Gasteiger partial charge in [-0.3, -0.25) is 34.2 Å². The summed E-state index contributed by atoms with van der Waals surface area (Å²) in [5.41, 5.74) is 2.45. The third-order valence-corrected chi connectivity index (χ3v) is 6.33. The zero-order valence-electron chi connectivity index (χ0n) is 17.8. The molecule has 5 rings (SSSR count). The van der Waals surface area contributed by atoms with Crippen molar-refractivity contribution in [3.63, 3.8) is 0 Å². The van der Waals surface area contributed by atoms with Crippen LogP contribution in [0.3, 0.4) is 0 Å². The maximum atomic E-state index is 13.1. The number of nitrogens with zero attached hydrogens (tertiary/aromatic N) is 5. The second-order valence-corrected chi connectivity index (χ2v) is 8.47. The average Bonchev–Trinajstić information content (AvgIpc) is 3.48. The molecule has 172 valence electrons. The Morgan fingerprint density at radius 2 is 2.03 bits per heavy atom. The Labute approximate surface area is 196 Å². The number of anilines is 1. The van der Waals surface area contributed by atoms with E-state index < -0.39 is 35.6 Å². The van der Waals surface area contributed by atoms with Crippen LogP contribution >= 0.6 is 11.5 Å². The first-order chi connectivity index (χ1) is 16.3. The fourth-order valence-electron chi connectivity index (χ4n) is 3.99. The normalized spacial score (nSPS) is 17.7. The van der Waals surface area contributed by atoms with Crippen LogP contribution in [0, 0.1) is 6.92 Å². The van der Waals surface area contributed by atoms with E-state index in [9.17, 15) is 24.0 Å². The Kier molecular flexibility index (Phi) is 5.24. The number of fused-ring (bicyclic) bond motifs is 1. The van der Waals surface area contributed by atoms with Gasteiger partial charge < -0.3 is 5.32 Å². The van der Waals surface area contributed by atoms with Gasteiger partial charge in [0.2, 0.25) is 17.7 Å². The third-order valence-electron chi connectivity index (χ3n) is 5.61. The average molecular weight is 479 g/mol. The molecule has 1 atom stereocenters. The number of aryl methyl sites for hydroxylation is 1. The monoisotopic (exact) mass is 479 g/mol. The molecule has 1 saturated heterocycles. The van der Waals surface area contributed by atoms with E-state index in [-0.39, 0.29) is 36.2 Å². The fraction of sp³-hybridized carbons (Fsp3) is 0.238. The lowest BCUT2D eigenvalue weighted by atomic mass is 10.0. The molecule has 0 spiro atoms. The molecule has 5 amide bonds. The summed E-state index contributed by atoms with van der Waals surface area (Å²) >= 11 is 1.30. The van der Waals surface area contributed by atoms with Crippen LogP contribution in [0.25, 0.3) is 11.3 Å². The van der Waals surface area contributed by atoms with E-state index in [2.05, 4.69) is 25.3 Å². The highest BCUT2D eigenvalue weighted by atomic mass is 32.1. The van der Waals surface area contributed by atoms with E-state index in [1.807, 2.05) is 12.3 Å². The highest BCUT2D eigenvalue weighted by molar-refractivity contribution is 7.04. The molecule has 1 unspecified atom stereocenters. The fourth-order valence-corrected chi connectivity index (χ4v) is 4.70. The molecule has 0 aliphatic carbocycles. The summed E-state index contributed by atoms with van der Waals surface area (Å²) in [6.45, 7) is 1.68. The molecule has 0 radical (unpaired) electrons. The molecule has 12 nitrogen and oxygen atoms in total. The molecule has 1 aromatic carbocycles. The van der Waals surface area contributed by atoms with Crippen LogP contribution in [0.2, 0.25) is 0 Å². The summed E-state index contributed by atoms with van der Waals surface area (Å²) in [4.78, 5) is 63.2. The molecule has 0 saturated carbocycles. The lowest BCUT2D eigenvalue weighted by Gasteiger charge is -2.27. The van der Waals surface area contributed by atoms with Crippen LogP contribution in [0.1, 0.15) is 39.3 Å². The standard InChI is InChI=1S/C21H17N7O5S/c1-10-12(9-34-25-10)14-7-27(26-24-14)8-17(30)22-13-4-2-3-11-18(13)21(33)28(20(11)32)15-5-6-16(29)23-19(15)31/h2-4,7,9,15H,5-6,8H2,1H3,(H,22,30)(H,23,29,31). The predicted octanol–water partition coefficient (Wildman–Crippen LogP) is 0.750. The van der Waals surface area contributed by atoms with Crippen LogP contribution in [0.15, 0.2) is 29.8 Å². The molecule has 2 aliphatic rings. The Morgan fingerprint density at radius 3 is 2.76 bits per heavy atom. The van der Waals surface area contributed by atoms with Crippen molar-refractivity contribution in [3.8, 4) is 11.3 Å². The van der Waals surface area contributed by atoms with Crippen molar-refractivity contribution >= 4 is 46.8 Å². The summed E-state index contributed by atoms with van der Waals surface area (Å²) in [6.07, 6.45) is 1.69. The van der Waals surface area contributed by atoms with Gasteiger partial charge in [-0.2, -0.15) is 4.37 Å². The lowest BCUT2D eigenvalue weighted by molar-refractivity contribution is -0.136. The van der Waals surface area contributed by atoms with Gasteiger partial charge in [0.15, 0.2) is 0 Å². The van der Waals surface area contributed by atoms with Gasteiger partial charge in [0.1, 0.15) is 18.3 Å². The zero-order valence-corrected chi connectivity index (χ0v) is 18.6. The topological polar surface area (TPSA) is 156 Å². The van der Waals surface area contributed by atoms with Gasteiger partial charge in [0.05, 0.1) is 28.7 Å². The highest BCUT2D eigenvalue weighted by Gasteiger charge is 2.45. The van der Waals surface area contributed by atoms with Crippen molar-refractivity contribution in [1.29, 1.82) is 0 Å². The summed E-state index contributed by atoms with van der Waals surface area (Å²) in [7, 11) is 0. The van der Waals surface area contributed by atoms with Crippen LogP contribution in [0.4, 0.5) is 5.69 Å². The first-order valence-electron chi connectivity index (χ1n) is 10.3. The van der Waals surface area contributed by atoms with Crippen molar-refractivity contribution in [2.75, 3.05) is 5.32 Å². The van der Waals surface area contributed by atoms with Crippen LogP contribution in [0.5, 0.6) is 0 Å². The van der Waals surface area contributed by atoms with Crippen molar-refractivity contribution in [3.05, 3.63) is 46.6 Å².